The van der Waals surface area contributed by atoms with Crippen LogP contribution in [0, 0.1) is 6.92 Å². The van der Waals surface area contributed by atoms with E-state index in [-0.39, 0.29) is 5.76 Å². The zero-order chi connectivity index (χ0) is 7.56. The molecule has 0 N–H and O–H groups in total. The van der Waals surface area contributed by atoms with Gasteiger partial charge in [0.15, 0.2) is 17.9 Å². The fraction of sp³-hybridized carbons (Fsp3) is 0.333. The Labute approximate surface area is 63.9 Å². The minimum atomic E-state index is 0.285. The molecule has 0 atom stereocenters. The third-order valence-corrected chi connectivity index (χ3v) is 1.39. The molecule has 0 aromatic carbocycles. The maximum absolute atomic E-state index is 10.2. The Kier molecular flexibility index (Phi) is 2.11. The Morgan fingerprint density at radius 2 is 2.50 bits per heavy atom. The van der Waals surface area contributed by atoms with E-state index in [0.717, 1.165) is 0 Å². The van der Waals surface area contributed by atoms with E-state index in [2.05, 4.69) is 17.6 Å². The summed E-state index contributed by atoms with van der Waals surface area (Å²) in [5, 5.41) is 0. The highest BCUT2D eigenvalue weighted by molar-refractivity contribution is 7.79. The predicted molar refractivity (Wildman–Crippen MR) is 39.3 cm³/mol. The first-order valence-corrected chi connectivity index (χ1v) is 3.43. The molecule has 0 radical (unpaired) electrons. The molecule has 3 nitrogen and oxygen atoms in total. The van der Waals surface area contributed by atoms with E-state index in [0.29, 0.717) is 23.6 Å². The largest absolute Gasteiger partial charge is 0.438 e. The first-order chi connectivity index (χ1) is 4.77. The maximum Gasteiger partial charge on any atom is 0.192 e. The smallest absolute Gasteiger partial charge is 0.192 e. The summed E-state index contributed by atoms with van der Waals surface area (Å²) in [7, 11) is 0. The van der Waals surface area contributed by atoms with Crippen molar-refractivity contribution in [3.63, 3.8) is 0 Å². The molecule has 4 heteroatoms. The van der Waals surface area contributed by atoms with Gasteiger partial charge in [-0.15, -0.1) is 0 Å². The zero-order valence-electron chi connectivity index (χ0n) is 5.50. The topological polar surface area (TPSA) is 43.1 Å². The number of carbonyl (C=O) groups is 1. The Bertz CT molecular complexity index is 244. The van der Waals surface area contributed by atoms with Crippen LogP contribution >= 0.6 is 12.6 Å². The van der Waals surface area contributed by atoms with Crippen molar-refractivity contribution in [2.45, 2.75) is 12.7 Å². The van der Waals surface area contributed by atoms with Gasteiger partial charge in [-0.25, -0.2) is 4.98 Å². The van der Waals surface area contributed by atoms with Crippen molar-refractivity contribution in [3.8, 4) is 0 Å². The minimum absolute atomic E-state index is 0.285. The lowest BCUT2D eigenvalue weighted by atomic mass is 10.4. The van der Waals surface area contributed by atoms with Gasteiger partial charge in [0.05, 0.1) is 5.69 Å². The number of thiol groups is 1. The summed E-state index contributed by atoms with van der Waals surface area (Å²) in [6.45, 7) is 1.69. The van der Waals surface area contributed by atoms with Gasteiger partial charge in [0.25, 0.3) is 0 Å². The summed E-state index contributed by atoms with van der Waals surface area (Å²) in [4.78, 5) is 14.2. The number of oxazole rings is 1. The second-order valence-corrected chi connectivity index (χ2v) is 2.14. The summed E-state index contributed by atoms with van der Waals surface area (Å²) < 4.78 is 4.93. The van der Waals surface area contributed by atoms with Gasteiger partial charge in [-0.2, -0.15) is 12.6 Å². The Balaban J connectivity index is 3.08. The van der Waals surface area contributed by atoms with Gasteiger partial charge < -0.3 is 4.42 Å². The van der Waals surface area contributed by atoms with Crippen LogP contribution in [0.15, 0.2) is 4.42 Å². The summed E-state index contributed by atoms with van der Waals surface area (Å²) in [5.41, 5.74) is 0.607. The molecule has 0 saturated heterocycles. The van der Waals surface area contributed by atoms with Crippen molar-refractivity contribution in [1.29, 1.82) is 0 Å². The van der Waals surface area contributed by atoms with Gasteiger partial charge in [0.1, 0.15) is 0 Å². The second-order valence-electron chi connectivity index (χ2n) is 1.82. The Hall–Kier alpha value is -0.770. The Morgan fingerprint density at radius 3 is 2.90 bits per heavy atom. The zero-order valence-corrected chi connectivity index (χ0v) is 6.39. The molecule has 0 bridgehead atoms. The molecule has 54 valence electrons. The number of hydrogen-bond acceptors (Lipinski definition) is 4. The lowest BCUT2D eigenvalue weighted by Gasteiger charge is -1.82. The molecule has 0 aliphatic heterocycles. The number of rotatable bonds is 2. The number of aldehydes is 1. The van der Waals surface area contributed by atoms with Crippen molar-refractivity contribution < 1.29 is 9.21 Å². The van der Waals surface area contributed by atoms with Crippen molar-refractivity contribution >= 4 is 18.9 Å². The van der Waals surface area contributed by atoms with Crippen LogP contribution in [0.5, 0.6) is 0 Å². The third-order valence-electron chi connectivity index (χ3n) is 1.09. The average Bonchev–Trinajstić information content (AvgIpc) is 2.30. The molecular weight excluding hydrogens is 150 g/mol. The van der Waals surface area contributed by atoms with E-state index in [1.807, 2.05) is 0 Å². The highest BCUT2D eigenvalue weighted by Gasteiger charge is 2.06. The normalized spacial score (nSPS) is 9.80. The number of aryl methyl sites for hydroxylation is 1. The first-order valence-electron chi connectivity index (χ1n) is 2.80. The van der Waals surface area contributed by atoms with E-state index >= 15 is 0 Å². The fourth-order valence-electron chi connectivity index (χ4n) is 0.691. The number of aromatic nitrogens is 1. The lowest BCUT2D eigenvalue weighted by Crippen LogP contribution is -1.83. The summed E-state index contributed by atoms with van der Waals surface area (Å²) >= 11 is 3.97. The molecule has 1 heterocycles. The molecule has 0 unspecified atom stereocenters. The van der Waals surface area contributed by atoms with E-state index in [9.17, 15) is 4.79 Å². The highest BCUT2D eigenvalue weighted by atomic mass is 32.1. The number of carbonyl (C=O) groups excluding carboxylic acids is 1. The van der Waals surface area contributed by atoms with Crippen LogP contribution in [0.2, 0.25) is 0 Å². The molecule has 0 aliphatic rings. The number of nitrogens with zero attached hydrogens (tertiary/aromatic N) is 1. The van der Waals surface area contributed by atoms with Crippen LogP contribution in [-0.2, 0) is 5.75 Å². The van der Waals surface area contributed by atoms with Gasteiger partial charge in [-0.05, 0) is 0 Å². The lowest BCUT2D eigenvalue weighted by molar-refractivity contribution is 0.109. The predicted octanol–water partition coefficient (Wildman–Crippen LogP) is 1.23. The quantitative estimate of drug-likeness (QED) is 0.518. The second kappa shape index (κ2) is 2.88. The van der Waals surface area contributed by atoms with Gasteiger partial charge in [-0.3, -0.25) is 4.79 Å². The van der Waals surface area contributed by atoms with Crippen LogP contribution in [0.3, 0.4) is 0 Å². The van der Waals surface area contributed by atoms with Crippen LogP contribution in [0.25, 0.3) is 0 Å². The molecule has 0 spiro atoms. The molecular formula is C6H7NO2S. The van der Waals surface area contributed by atoms with Gasteiger partial charge >= 0.3 is 0 Å². The molecule has 1 aromatic rings. The summed E-state index contributed by atoms with van der Waals surface area (Å²) in [6.07, 6.45) is 0.644. The van der Waals surface area contributed by atoms with E-state index < -0.39 is 0 Å². The molecule has 0 aliphatic carbocycles. The van der Waals surface area contributed by atoms with E-state index in [4.69, 9.17) is 4.42 Å². The highest BCUT2D eigenvalue weighted by Crippen LogP contribution is 2.09. The molecule has 10 heavy (non-hydrogen) atoms. The van der Waals surface area contributed by atoms with E-state index in [1.54, 1.807) is 6.92 Å². The van der Waals surface area contributed by atoms with Gasteiger partial charge in [-0.1, -0.05) is 0 Å². The maximum atomic E-state index is 10.2. The van der Waals surface area contributed by atoms with Crippen LogP contribution in [0.1, 0.15) is 22.1 Å². The summed E-state index contributed by atoms with van der Waals surface area (Å²) in [6, 6.07) is 0. The van der Waals surface area contributed by atoms with Crippen molar-refractivity contribution in [1.82, 2.24) is 4.98 Å². The summed E-state index contributed by atoms with van der Waals surface area (Å²) in [5.74, 6) is 1.23. The van der Waals surface area contributed by atoms with Crippen LogP contribution in [-0.4, -0.2) is 11.3 Å². The Morgan fingerprint density at radius 1 is 1.80 bits per heavy atom. The minimum Gasteiger partial charge on any atom is -0.438 e. The van der Waals surface area contributed by atoms with Crippen molar-refractivity contribution in [2.24, 2.45) is 0 Å². The van der Waals surface area contributed by atoms with Gasteiger partial charge in [0.2, 0.25) is 0 Å². The first kappa shape index (κ1) is 7.34. The monoisotopic (exact) mass is 157 g/mol. The standard InChI is InChI=1S/C6H7NO2S/c1-4-7-5(3-10)6(2-8)9-4/h2,10H,3H2,1H3. The molecule has 1 rings (SSSR count). The SMILES string of the molecule is Cc1nc(CS)c(C=O)o1. The van der Waals surface area contributed by atoms with Crippen molar-refractivity contribution in [3.05, 3.63) is 17.3 Å². The molecule has 0 fully saturated rings. The third kappa shape index (κ3) is 1.21. The molecule has 0 saturated carbocycles. The van der Waals surface area contributed by atoms with Crippen LogP contribution < -0.4 is 0 Å². The molecule has 1 aromatic heterocycles. The van der Waals surface area contributed by atoms with Crippen LogP contribution in [0.4, 0.5) is 0 Å². The molecule has 0 amide bonds. The average molecular weight is 157 g/mol. The van der Waals surface area contributed by atoms with E-state index in [1.165, 1.54) is 0 Å². The fourth-order valence-corrected chi connectivity index (χ4v) is 0.918. The van der Waals surface area contributed by atoms with Gasteiger partial charge in [0, 0.05) is 12.7 Å². The number of hydrogen-bond donors (Lipinski definition) is 1. The van der Waals surface area contributed by atoms with Crippen molar-refractivity contribution in [2.75, 3.05) is 0 Å².